The lowest BCUT2D eigenvalue weighted by Gasteiger charge is -2.35. The van der Waals surface area contributed by atoms with Crippen LogP contribution in [-0.2, 0) is 0 Å². The molecule has 3 heteroatoms. The van der Waals surface area contributed by atoms with Gasteiger partial charge in [0.05, 0.1) is 13.2 Å². The maximum atomic E-state index is 10.4. The van der Waals surface area contributed by atoms with E-state index in [0.717, 1.165) is 24.3 Å². The average molecular weight is 235 g/mol. The number of aliphatic hydroxyl groups excluding tert-OH is 1. The molecule has 2 rings (SSSR count). The lowest BCUT2D eigenvalue weighted by Crippen LogP contribution is -2.40. The van der Waals surface area contributed by atoms with Gasteiger partial charge >= 0.3 is 0 Å². The predicted molar refractivity (Wildman–Crippen MR) is 68.2 cm³/mol. The van der Waals surface area contributed by atoms with Gasteiger partial charge in [-0.2, -0.15) is 0 Å². The third kappa shape index (κ3) is 2.79. The summed E-state index contributed by atoms with van der Waals surface area (Å²) >= 11 is 0. The molecule has 0 aliphatic carbocycles. The molecule has 0 amide bonds. The second-order valence-electron chi connectivity index (χ2n) is 4.76. The summed E-state index contributed by atoms with van der Waals surface area (Å²) in [5.74, 6) is 0.831. The Kier molecular flexibility index (Phi) is 4.02. The van der Waals surface area contributed by atoms with E-state index >= 15 is 0 Å². The third-order valence-electron chi connectivity index (χ3n) is 3.65. The van der Waals surface area contributed by atoms with Crippen molar-refractivity contribution in [3.63, 3.8) is 0 Å². The van der Waals surface area contributed by atoms with Crippen LogP contribution in [-0.4, -0.2) is 36.8 Å². The zero-order valence-electron chi connectivity index (χ0n) is 10.6. The van der Waals surface area contributed by atoms with Crippen LogP contribution < -0.4 is 4.74 Å². The summed E-state index contributed by atoms with van der Waals surface area (Å²) < 4.78 is 5.12. The van der Waals surface area contributed by atoms with Crippen LogP contribution in [0.1, 0.15) is 30.9 Å². The van der Waals surface area contributed by atoms with E-state index in [2.05, 4.69) is 11.9 Å². The predicted octanol–water partition coefficient (Wildman–Crippen LogP) is 2.21. The molecule has 1 aliphatic heterocycles. The highest BCUT2D eigenvalue weighted by Gasteiger charge is 2.26. The van der Waals surface area contributed by atoms with Crippen LogP contribution >= 0.6 is 0 Å². The fraction of sp³-hybridized carbons (Fsp3) is 0.571. The van der Waals surface area contributed by atoms with Crippen molar-refractivity contribution in [2.45, 2.75) is 31.4 Å². The number of likely N-dealkylation sites (tertiary alicyclic amines) is 1. The summed E-state index contributed by atoms with van der Waals surface area (Å²) in [4.78, 5) is 2.26. The molecule has 2 atom stereocenters. The molecule has 0 aromatic heterocycles. The van der Waals surface area contributed by atoms with Crippen molar-refractivity contribution in [3.8, 4) is 5.75 Å². The van der Waals surface area contributed by atoms with E-state index in [4.69, 9.17) is 4.74 Å². The summed E-state index contributed by atoms with van der Waals surface area (Å²) in [7, 11) is 3.75. The van der Waals surface area contributed by atoms with Crippen molar-refractivity contribution in [2.75, 3.05) is 20.7 Å². The summed E-state index contributed by atoms with van der Waals surface area (Å²) in [5.41, 5.74) is 0.976. The van der Waals surface area contributed by atoms with Gasteiger partial charge in [-0.05, 0) is 44.1 Å². The smallest absolute Gasteiger partial charge is 0.118 e. The summed E-state index contributed by atoms with van der Waals surface area (Å²) in [6.07, 6.45) is 3.13. The molecule has 94 valence electrons. The summed E-state index contributed by atoms with van der Waals surface area (Å²) in [6, 6.07) is 7.96. The minimum Gasteiger partial charge on any atom is -0.497 e. The molecule has 1 aromatic rings. The number of benzene rings is 1. The van der Waals surface area contributed by atoms with E-state index in [9.17, 15) is 5.11 Å². The number of hydrogen-bond acceptors (Lipinski definition) is 3. The standard InChI is InChI=1S/C14H21NO2/c1-15-10-4-3-5-13(15)14(16)11-6-8-12(17-2)9-7-11/h6-9,13-14,16H,3-5,10H2,1-2H3. The number of ether oxygens (including phenoxy) is 1. The molecule has 1 aromatic carbocycles. The Morgan fingerprint density at radius 2 is 2.00 bits per heavy atom. The van der Waals surface area contributed by atoms with E-state index in [-0.39, 0.29) is 6.04 Å². The Morgan fingerprint density at radius 3 is 2.59 bits per heavy atom. The van der Waals surface area contributed by atoms with Crippen LogP contribution in [0.2, 0.25) is 0 Å². The Labute approximate surface area is 103 Å². The van der Waals surface area contributed by atoms with Crippen molar-refractivity contribution in [3.05, 3.63) is 29.8 Å². The maximum absolute atomic E-state index is 10.4. The third-order valence-corrected chi connectivity index (χ3v) is 3.65. The molecular weight excluding hydrogens is 214 g/mol. The van der Waals surface area contributed by atoms with Crippen LogP contribution in [0.25, 0.3) is 0 Å². The van der Waals surface area contributed by atoms with Crippen LogP contribution in [0, 0.1) is 0 Å². The van der Waals surface area contributed by atoms with Crippen molar-refractivity contribution >= 4 is 0 Å². The zero-order valence-corrected chi connectivity index (χ0v) is 10.6. The van der Waals surface area contributed by atoms with Gasteiger partial charge in [0.2, 0.25) is 0 Å². The first-order chi connectivity index (χ1) is 8.22. The number of nitrogens with zero attached hydrogens (tertiary/aromatic N) is 1. The van der Waals surface area contributed by atoms with Crippen LogP contribution in [0.5, 0.6) is 5.75 Å². The van der Waals surface area contributed by atoms with Gasteiger partial charge in [0, 0.05) is 6.04 Å². The Morgan fingerprint density at radius 1 is 1.29 bits per heavy atom. The average Bonchev–Trinajstić information content (AvgIpc) is 2.39. The molecular formula is C14H21NO2. The number of hydrogen-bond donors (Lipinski definition) is 1. The van der Waals surface area contributed by atoms with Gasteiger partial charge in [-0.15, -0.1) is 0 Å². The van der Waals surface area contributed by atoms with Crippen LogP contribution in [0.15, 0.2) is 24.3 Å². The second-order valence-corrected chi connectivity index (χ2v) is 4.76. The first-order valence-corrected chi connectivity index (χ1v) is 6.24. The number of methoxy groups -OCH3 is 1. The number of aliphatic hydroxyl groups is 1. The maximum Gasteiger partial charge on any atom is 0.118 e. The molecule has 1 aliphatic rings. The van der Waals surface area contributed by atoms with E-state index in [1.54, 1.807) is 7.11 Å². The molecule has 0 bridgehead atoms. The van der Waals surface area contributed by atoms with Crippen molar-refractivity contribution in [1.29, 1.82) is 0 Å². The Balaban J connectivity index is 2.09. The highest BCUT2D eigenvalue weighted by atomic mass is 16.5. The number of piperidine rings is 1. The van der Waals surface area contributed by atoms with E-state index in [1.807, 2.05) is 24.3 Å². The first-order valence-electron chi connectivity index (χ1n) is 6.24. The van der Waals surface area contributed by atoms with Crippen LogP contribution in [0.3, 0.4) is 0 Å². The minimum absolute atomic E-state index is 0.247. The number of likely N-dealkylation sites (N-methyl/N-ethyl adjacent to an activating group) is 1. The normalized spacial score (nSPS) is 23.4. The quantitative estimate of drug-likeness (QED) is 0.872. The Bertz CT molecular complexity index is 350. The van der Waals surface area contributed by atoms with E-state index in [1.165, 1.54) is 12.8 Å². The van der Waals surface area contributed by atoms with Crippen LogP contribution in [0.4, 0.5) is 0 Å². The molecule has 1 fully saturated rings. The molecule has 2 unspecified atom stereocenters. The van der Waals surface area contributed by atoms with Gasteiger partial charge < -0.3 is 14.7 Å². The number of rotatable bonds is 3. The van der Waals surface area contributed by atoms with Gasteiger partial charge in [-0.1, -0.05) is 18.6 Å². The summed E-state index contributed by atoms with van der Waals surface area (Å²) in [5, 5.41) is 10.4. The molecule has 0 saturated carbocycles. The van der Waals surface area contributed by atoms with E-state index in [0.29, 0.717) is 0 Å². The molecule has 17 heavy (non-hydrogen) atoms. The van der Waals surface area contributed by atoms with Gasteiger partial charge in [-0.3, -0.25) is 0 Å². The monoisotopic (exact) mass is 235 g/mol. The van der Waals surface area contributed by atoms with Gasteiger partial charge in [-0.25, -0.2) is 0 Å². The fourth-order valence-corrected chi connectivity index (χ4v) is 2.52. The SMILES string of the molecule is COc1ccc(C(O)C2CCCCN2C)cc1. The topological polar surface area (TPSA) is 32.7 Å². The second kappa shape index (κ2) is 5.52. The van der Waals surface area contributed by atoms with Gasteiger partial charge in [0.15, 0.2) is 0 Å². The molecule has 0 radical (unpaired) electrons. The lowest BCUT2D eigenvalue weighted by molar-refractivity contribution is 0.0403. The molecule has 1 saturated heterocycles. The highest BCUT2D eigenvalue weighted by molar-refractivity contribution is 5.29. The van der Waals surface area contributed by atoms with Crippen molar-refractivity contribution < 1.29 is 9.84 Å². The molecule has 0 spiro atoms. The van der Waals surface area contributed by atoms with E-state index < -0.39 is 6.10 Å². The van der Waals surface area contributed by atoms with Gasteiger partial charge in [0.1, 0.15) is 5.75 Å². The van der Waals surface area contributed by atoms with Crippen molar-refractivity contribution in [2.24, 2.45) is 0 Å². The van der Waals surface area contributed by atoms with Gasteiger partial charge in [0.25, 0.3) is 0 Å². The summed E-state index contributed by atoms with van der Waals surface area (Å²) in [6.45, 7) is 1.08. The minimum atomic E-state index is -0.397. The zero-order chi connectivity index (χ0) is 12.3. The largest absolute Gasteiger partial charge is 0.497 e. The molecule has 3 nitrogen and oxygen atoms in total. The molecule has 1 N–H and O–H groups in total. The van der Waals surface area contributed by atoms with Crippen molar-refractivity contribution in [1.82, 2.24) is 4.90 Å². The Hall–Kier alpha value is -1.06. The first kappa shape index (κ1) is 12.4. The highest BCUT2D eigenvalue weighted by Crippen LogP contribution is 2.28. The fourth-order valence-electron chi connectivity index (χ4n) is 2.52. The lowest BCUT2D eigenvalue weighted by atomic mass is 9.93. The molecule has 1 heterocycles.